The molecule has 0 unspecified atom stereocenters. The summed E-state index contributed by atoms with van der Waals surface area (Å²) in [7, 11) is -1.97. The SMILES string of the molecule is COc1cc(N2CCCS2(=O)=O)ccc1NC(=O)c1cc([N+](=O)[O-])ccc1Cl. The molecule has 9 nitrogen and oxygen atoms in total. The molecule has 3 rings (SSSR count). The average molecular weight is 426 g/mol. The van der Waals surface area contributed by atoms with Gasteiger partial charge in [0.1, 0.15) is 5.75 Å². The number of nitro groups is 1. The van der Waals surface area contributed by atoms with Crippen molar-refractivity contribution >= 4 is 44.6 Å². The lowest BCUT2D eigenvalue weighted by Gasteiger charge is -2.19. The molecular weight excluding hydrogens is 410 g/mol. The first kappa shape index (κ1) is 19.9. The smallest absolute Gasteiger partial charge is 0.270 e. The maximum atomic E-state index is 12.5. The van der Waals surface area contributed by atoms with Gasteiger partial charge >= 0.3 is 0 Å². The van der Waals surface area contributed by atoms with E-state index in [1.807, 2.05) is 0 Å². The molecule has 0 atom stereocenters. The van der Waals surface area contributed by atoms with Gasteiger partial charge in [-0.25, -0.2) is 8.42 Å². The van der Waals surface area contributed by atoms with Crippen LogP contribution < -0.4 is 14.4 Å². The number of rotatable bonds is 5. The van der Waals surface area contributed by atoms with Crippen LogP contribution in [0.3, 0.4) is 0 Å². The predicted octanol–water partition coefficient (Wildman–Crippen LogP) is 3.05. The van der Waals surface area contributed by atoms with Gasteiger partial charge in [-0.1, -0.05) is 11.6 Å². The molecule has 1 saturated heterocycles. The maximum absolute atomic E-state index is 12.5. The normalized spacial score (nSPS) is 15.3. The number of halogens is 1. The summed E-state index contributed by atoms with van der Waals surface area (Å²) in [5.74, 6) is -0.331. The lowest BCUT2D eigenvalue weighted by Crippen LogP contribution is -2.25. The van der Waals surface area contributed by atoms with Crippen molar-refractivity contribution in [3.05, 3.63) is 57.1 Å². The lowest BCUT2D eigenvalue weighted by molar-refractivity contribution is -0.384. The highest BCUT2D eigenvalue weighted by atomic mass is 35.5. The molecule has 148 valence electrons. The van der Waals surface area contributed by atoms with Crippen molar-refractivity contribution in [3.8, 4) is 5.75 Å². The van der Waals surface area contributed by atoms with Crippen molar-refractivity contribution in [2.45, 2.75) is 6.42 Å². The number of hydrogen-bond acceptors (Lipinski definition) is 6. The molecule has 0 aromatic heterocycles. The van der Waals surface area contributed by atoms with E-state index < -0.39 is 20.9 Å². The van der Waals surface area contributed by atoms with Gasteiger partial charge in [-0.2, -0.15) is 0 Å². The zero-order valence-corrected chi connectivity index (χ0v) is 16.3. The first-order valence-electron chi connectivity index (χ1n) is 8.16. The van der Waals surface area contributed by atoms with Crippen LogP contribution in [0, 0.1) is 10.1 Å². The summed E-state index contributed by atoms with van der Waals surface area (Å²) in [5, 5.41) is 13.6. The molecule has 28 heavy (non-hydrogen) atoms. The molecule has 1 aliphatic heterocycles. The summed E-state index contributed by atoms with van der Waals surface area (Å²) in [6.07, 6.45) is 0.536. The number of anilines is 2. The number of nitrogens with one attached hydrogen (secondary N) is 1. The fourth-order valence-corrected chi connectivity index (χ4v) is 4.62. The van der Waals surface area contributed by atoms with Gasteiger partial charge in [0.25, 0.3) is 11.6 Å². The molecule has 0 aliphatic carbocycles. The van der Waals surface area contributed by atoms with Gasteiger partial charge in [-0.15, -0.1) is 0 Å². The standard InChI is InChI=1S/C17H16ClN3O6S/c1-27-16-10-11(20-7-2-8-28(20,25)26)4-6-15(16)19-17(22)13-9-12(21(23)24)3-5-14(13)18/h3-6,9-10H,2,7-8H2,1H3,(H,19,22). The van der Waals surface area contributed by atoms with Crippen LogP contribution in [-0.4, -0.2) is 38.7 Å². The predicted molar refractivity (Wildman–Crippen MR) is 105 cm³/mol. The van der Waals surface area contributed by atoms with Gasteiger partial charge in [0.2, 0.25) is 10.0 Å². The van der Waals surface area contributed by atoms with Crippen LogP contribution in [0.5, 0.6) is 5.75 Å². The molecule has 0 saturated carbocycles. The third kappa shape index (κ3) is 3.87. The summed E-state index contributed by atoms with van der Waals surface area (Å²) in [6.45, 7) is 0.375. The van der Waals surface area contributed by atoms with Crippen LogP contribution in [0.1, 0.15) is 16.8 Å². The first-order chi connectivity index (χ1) is 13.2. The third-order valence-electron chi connectivity index (χ3n) is 4.23. The number of nitro benzene ring substituents is 1. The van der Waals surface area contributed by atoms with Gasteiger partial charge in [-0.3, -0.25) is 19.2 Å². The second-order valence-corrected chi connectivity index (χ2v) is 8.42. The Hall–Kier alpha value is -2.85. The van der Waals surface area contributed by atoms with E-state index in [2.05, 4.69) is 5.32 Å². The Kier molecular flexibility index (Phi) is 5.43. The summed E-state index contributed by atoms with van der Waals surface area (Å²) in [6, 6.07) is 8.11. The van der Waals surface area contributed by atoms with Crippen LogP contribution in [0.25, 0.3) is 0 Å². The van der Waals surface area contributed by atoms with E-state index in [4.69, 9.17) is 16.3 Å². The summed E-state index contributed by atoms with van der Waals surface area (Å²) >= 11 is 5.99. The molecule has 1 N–H and O–H groups in total. The van der Waals surface area contributed by atoms with Gasteiger partial charge in [0, 0.05) is 24.7 Å². The van der Waals surface area contributed by atoms with Gasteiger partial charge in [0.05, 0.1) is 39.7 Å². The number of hydrogen-bond donors (Lipinski definition) is 1. The molecule has 1 heterocycles. The molecule has 2 aromatic carbocycles. The largest absolute Gasteiger partial charge is 0.494 e. The Morgan fingerprint density at radius 1 is 1.29 bits per heavy atom. The maximum Gasteiger partial charge on any atom is 0.270 e. The van der Waals surface area contributed by atoms with E-state index in [1.165, 1.54) is 35.7 Å². The second-order valence-electron chi connectivity index (χ2n) is 6.00. The molecular formula is C17H16ClN3O6S. The molecule has 1 aliphatic rings. The van der Waals surface area contributed by atoms with E-state index in [0.29, 0.717) is 18.7 Å². The number of nitrogens with zero attached hydrogens (tertiary/aromatic N) is 2. The molecule has 1 fully saturated rings. The highest BCUT2D eigenvalue weighted by molar-refractivity contribution is 7.93. The quantitative estimate of drug-likeness (QED) is 0.580. The third-order valence-corrected chi connectivity index (χ3v) is 6.43. The number of non-ortho nitro benzene ring substituents is 1. The van der Waals surface area contributed by atoms with Gasteiger partial charge in [0.15, 0.2) is 0 Å². The molecule has 0 bridgehead atoms. The van der Waals surface area contributed by atoms with Crippen molar-refractivity contribution in [1.82, 2.24) is 0 Å². The molecule has 0 spiro atoms. The highest BCUT2D eigenvalue weighted by Crippen LogP contribution is 2.33. The van der Waals surface area contributed by atoms with Crippen LogP contribution in [0.2, 0.25) is 5.02 Å². The number of benzene rings is 2. The van der Waals surface area contributed by atoms with Crippen molar-refractivity contribution in [1.29, 1.82) is 0 Å². The number of carbonyl (C=O) groups is 1. The molecule has 11 heteroatoms. The number of sulfonamides is 1. The Balaban J connectivity index is 1.89. The summed E-state index contributed by atoms with van der Waals surface area (Å²) < 4.78 is 30.7. The van der Waals surface area contributed by atoms with E-state index in [-0.39, 0.29) is 33.5 Å². The average Bonchev–Trinajstić information content (AvgIpc) is 3.01. The topological polar surface area (TPSA) is 119 Å². The molecule has 0 radical (unpaired) electrons. The fourth-order valence-electron chi connectivity index (χ4n) is 2.86. The zero-order valence-electron chi connectivity index (χ0n) is 14.7. The Bertz CT molecular complexity index is 1060. The van der Waals surface area contributed by atoms with E-state index in [9.17, 15) is 23.3 Å². The minimum atomic E-state index is -3.35. The first-order valence-corrected chi connectivity index (χ1v) is 10.2. The number of ether oxygens (including phenoxy) is 1. The van der Waals surface area contributed by atoms with Crippen molar-refractivity contribution < 1.29 is 22.9 Å². The fraction of sp³-hybridized carbons (Fsp3) is 0.235. The highest BCUT2D eigenvalue weighted by Gasteiger charge is 2.29. The number of methoxy groups -OCH3 is 1. The molecule has 2 aromatic rings. The minimum Gasteiger partial charge on any atom is -0.494 e. The second kappa shape index (κ2) is 7.64. The zero-order chi connectivity index (χ0) is 20.5. The molecule has 1 amide bonds. The van der Waals surface area contributed by atoms with Gasteiger partial charge < -0.3 is 10.1 Å². The summed E-state index contributed by atoms with van der Waals surface area (Å²) in [4.78, 5) is 22.8. The lowest BCUT2D eigenvalue weighted by atomic mass is 10.1. The minimum absolute atomic E-state index is 0.0573. The monoisotopic (exact) mass is 425 g/mol. The van der Waals surface area contributed by atoms with E-state index in [0.717, 1.165) is 6.07 Å². The van der Waals surface area contributed by atoms with Crippen molar-refractivity contribution in [2.75, 3.05) is 29.0 Å². The Labute approximate surface area is 166 Å². The van der Waals surface area contributed by atoms with E-state index >= 15 is 0 Å². The Morgan fingerprint density at radius 2 is 2.04 bits per heavy atom. The van der Waals surface area contributed by atoms with Crippen LogP contribution in [-0.2, 0) is 10.0 Å². The van der Waals surface area contributed by atoms with Crippen LogP contribution >= 0.6 is 11.6 Å². The number of amides is 1. The number of carbonyl (C=O) groups excluding carboxylic acids is 1. The van der Waals surface area contributed by atoms with Crippen molar-refractivity contribution in [2.24, 2.45) is 0 Å². The summed E-state index contributed by atoms with van der Waals surface area (Å²) in [5.41, 5.74) is 0.372. The van der Waals surface area contributed by atoms with Crippen LogP contribution in [0.4, 0.5) is 17.1 Å². The van der Waals surface area contributed by atoms with Crippen LogP contribution in [0.15, 0.2) is 36.4 Å². The van der Waals surface area contributed by atoms with Crippen molar-refractivity contribution in [3.63, 3.8) is 0 Å². The van der Waals surface area contributed by atoms with Gasteiger partial charge in [-0.05, 0) is 24.6 Å². The van der Waals surface area contributed by atoms with E-state index in [1.54, 1.807) is 6.07 Å². The Morgan fingerprint density at radius 3 is 2.64 bits per heavy atom.